The number of hydrogen-bond acceptors (Lipinski definition) is 4. The molecule has 2 atom stereocenters. The maximum Gasteiger partial charge on any atom is 0.289 e. The van der Waals surface area contributed by atoms with E-state index in [9.17, 15) is 9.59 Å². The second kappa shape index (κ2) is 7.40. The van der Waals surface area contributed by atoms with E-state index in [1.165, 1.54) is 17.6 Å². The van der Waals surface area contributed by atoms with Crippen molar-refractivity contribution >= 4 is 34.8 Å². The molecule has 1 fully saturated rings. The fraction of sp³-hybridized carbons (Fsp3) is 0.412. The smallest absolute Gasteiger partial charge is 0.289 e. The van der Waals surface area contributed by atoms with Gasteiger partial charge in [-0.2, -0.15) is 0 Å². The van der Waals surface area contributed by atoms with E-state index in [1.54, 1.807) is 17.0 Å². The van der Waals surface area contributed by atoms with Gasteiger partial charge in [0.15, 0.2) is 5.76 Å². The van der Waals surface area contributed by atoms with Crippen LogP contribution in [0.4, 0.5) is 0 Å². The fourth-order valence-electron chi connectivity index (χ4n) is 2.90. The molecule has 1 aliphatic rings. The van der Waals surface area contributed by atoms with Crippen LogP contribution in [0, 0.1) is 5.92 Å². The van der Waals surface area contributed by atoms with E-state index in [2.05, 4.69) is 5.32 Å². The Bertz CT molecular complexity index is 713. The molecule has 1 saturated heterocycles. The summed E-state index contributed by atoms with van der Waals surface area (Å²) in [6.45, 7) is 3.01. The molecule has 0 aromatic carbocycles. The zero-order valence-electron chi connectivity index (χ0n) is 13.3. The third-order valence-corrected chi connectivity index (χ3v) is 5.60. The standard InChI is InChI=1S/C17H19ClN2O3S/c1-11(14-6-7-15(18)24-14)19-16(21)12-4-2-8-20(10-12)17(22)13-5-3-9-23-13/h3,5-7,9,11-12H,2,4,8,10H2,1H3,(H,19,21). The number of hydrogen-bond donors (Lipinski definition) is 1. The van der Waals surface area contributed by atoms with Crippen LogP contribution in [-0.2, 0) is 4.79 Å². The minimum atomic E-state index is -0.199. The van der Waals surface area contributed by atoms with Crippen LogP contribution in [0.1, 0.15) is 41.2 Å². The molecule has 0 aliphatic carbocycles. The molecule has 24 heavy (non-hydrogen) atoms. The first-order valence-electron chi connectivity index (χ1n) is 7.93. The summed E-state index contributed by atoms with van der Waals surface area (Å²) in [5.74, 6) is -0.0623. The molecule has 5 nitrogen and oxygen atoms in total. The van der Waals surface area contributed by atoms with Crippen LogP contribution in [0.5, 0.6) is 0 Å². The molecule has 0 saturated carbocycles. The van der Waals surface area contributed by atoms with E-state index < -0.39 is 0 Å². The molecule has 2 unspecified atom stereocenters. The van der Waals surface area contributed by atoms with E-state index in [4.69, 9.17) is 16.0 Å². The van der Waals surface area contributed by atoms with Crippen LogP contribution in [0.3, 0.4) is 0 Å². The highest BCUT2D eigenvalue weighted by atomic mass is 35.5. The molecule has 2 aromatic heterocycles. The number of rotatable bonds is 4. The Morgan fingerprint density at radius 3 is 2.92 bits per heavy atom. The predicted octanol–water partition coefficient (Wildman–Crippen LogP) is 3.72. The van der Waals surface area contributed by atoms with Gasteiger partial charge < -0.3 is 14.6 Å². The van der Waals surface area contributed by atoms with E-state index in [-0.39, 0.29) is 23.8 Å². The molecule has 1 aliphatic heterocycles. The van der Waals surface area contributed by atoms with Crippen molar-refractivity contribution in [1.29, 1.82) is 0 Å². The topological polar surface area (TPSA) is 62.6 Å². The van der Waals surface area contributed by atoms with Crippen molar-refractivity contribution in [3.05, 3.63) is 45.5 Å². The molecule has 0 bridgehead atoms. The number of halogens is 1. The van der Waals surface area contributed by atoms with Gasteiger partial charge in [-0.3, -0.25) is 9.59 Å². The van der Waals surface area contributed by atoms with Gasteiger partial charge in [-0.05, 0) is 44.0 Å². The minimum Gasteiger partial charge on any atom is -0.459 e. The van der Waals surface area contributed by atoms with E-state index in [0.717, 1.165) is 17.7 Å². The Kier molecular flexibility index (Phi) is 5.26. The largest absolute Gasteiger partial charge is 0.459 e. The summed E-state index contributed by atoms with van der Waals surface area (Å²) in [6, 6.07) is 7.00. The number of nitrogens with zero attached hydrogens (tertiary/aromatic N) is 1. The van der Waals surface area contributed by atoms with Crippen LogP contribution < -0.4 is 5.32 Å². The molecule has 2 aromatic rings. The van der Waals surface area contributed by atoms with Crippen LogP contribution in [0.2, 0.25) is 4.34 Å². The fourth-order valence-corrected chi connectivity index (χ4v) is 3.96. The van der Waals surface area contributed by atoms with Gasteiger partial charge in [0.05, 0.1) is 22.6 Å². The molecular formula is C17H19ClN2O3S. The van der Waals surface area contributed by atoms with Crippen molar-refractivity contribution in [2.24, 2.45) is 5.92 Å². The molecular weight excluding hydrogens is 348 g/mol. The Balaban J connectivity index is 1.59. The highest BCUT2D eigenvalue weighted by molar-refractivity contribution is 7.16. The first kappa shape index (κ1) is 17.0. The maximum absolute atomic E-state index is 12.5. The quantitative estimate of drug-likeness (QED) is 0.896. The lowest BCUT2D eigenvalue weighted by Gasteiger charge is -2.32. The van der Waals surface area contributed by atoms with Crippen molar-refractivity contribution in [2.75, 3.05) is 13.1 Å². The van der Waals surface area contributed by atoms with Crippen LogP contribution in [0.15, 0.2) is 34.9 Å². The number of thiophene rings is 1. The second-order valence-electron chi connectivity index (χ2n) is 5.94. The summed E-state index contributed by atoms with van der Waals surface area (Å²) >= 11 is 7.41. The third-order valence-electron chi connectivity index (χ3n) is 4.19. The van der Waals surface area contributed by atoms with Crippen molar-refractivity contribution in [1.82, 2.24) is 10.2 Å². The zero-order chi connectivity index (χ0) is 17.1. The SMILES string of the molecule is CC(NC(=O)C1CCCN(C(=O)c2ccco2)C1)c1ccc(Cl)s1. The molecule has 2 amide bonds. The molecule has 128 valence electrons. The highest BCUT2D eigenvalue weighted by Gasteiger charge is 2.30. The van der Waals surface area contributed by atoms with Crippen molar-refractivity contribution in [2.45, 2.75) is 25.8 Å². The summed E-state index contributed by atoms with van der Waals surface area (Å²) in [5.41, 5.74) is 0. The van der Waals surface area contributed by atoms with Gasteiger partial charge in [0.25, 0.3) is 5.91 Å². The molecule has 3 heterocycles. The Morgan fingerprint density at radius 2 is 2.25 bits per heavy atom. The first-order chi connectivity index (χ1) is 11.5. The molecule has 3 rings (SSSR count). The van der Waals surface area contributed by atoms with Crippen LogP contribution in [-0.4, -0.2) is 29.8 Å². The molecule has 7 heteroatoms. The number of likely N-dealkylation sites (tertiary alicyclic amines) is 1. The van der Waals surface area contributed by atoms with Gasteiger partial charge in [-0.25, -0.2) is 0 Å². The summed E-state index contributed by atoms with van der Waals surface area (Å²) in [5, 5.41) is 3.02. The molecule has 0 radical (unpaired) electrons. The molecule has 1 N–H and O–H groups in total. The van der Waals surface area contributed by atoms with E-state index in [1.807, 2.05) is 19.1 Å². The van der Waals surface area contributed by atoms with Gasteiger partial charge >= 0.3 is 0 Å². The second-order valence-corrected chi connectivity index (χ2v) is 7.69. The average molecular weight is 367 g/mol. The zero-order valence-corrected chi connectivity index (χ0v) is 14.9. The van der Waals surface area contributed by atoms with Crippen molar-refractivity contribution in [3.8, 4) is 0 Å². The Morgan fingerprint density at radius 1 is 1.42 bits per heavy atom. The number of furan rings is 1. The number of carbonyl (C=O) groups excluding carboxylic acids is 2. The monoisotopic (exact) mass is 366 g/mol. The number of piperidine rings is 1. The lowest BCUT2D eigenvalue weighted by molar-refractivity contribution is -0.127. The number of nitrogens with one attached hydrogen (secondary N) is 1. The minimum absolute atomic E-state index is 0.0241. The maximum atomic E-state index is 12.5. The summed E-state index contributed by atoms with van der Waals surface area (Å²) < 4.78 is 5.87. The Labute approximate surface area is 149 Å². The van der Waals surface area contributed by atoms with Crippen LogP contribution in [0.25, 0.3) is 0 Å². The van der Waals surface area contributed by atoms with Crippen molar-refractivity contribution in [3.63, 3.8) is 0 Å². The van der Waals surface area contributed by atoms with Crippen molar-refractivity contribution < 1.29 is 14.0 Å². The van der Waals surface area contributed by atoms with Crippen LogP contribution >= 0.6 is 22.9 Å². The van der Waals surface area contributed by atoms with Gasteiger partial charge in [-0.1, -0.05) is 11.6 Å². The number of amides is 2. The predicted molar refractivity (Wildman–Crippen MR) is 93.2 cm³/mol. The van der Waals surface area contributed by atoms with Gasteiger partial charge in [0.1, 0.15) is 0 Å². The van der Waals surface area contributed by atoms with Gasteiger partial charge in [0, 0.05) is 18.0 Å². The number of carbonyl (C=O) groups is 2. The normalized spacial score (nSPS) is 19.1. The van der Waals surface area contributed by atoms with E-state index in [0.29, 0.717) is 23.2 Å². The summed E-state index contributed by atoms with van der Waals surface area (Å²) in [4.78, 5) is 27.6. The van der Waals surface area contributed by atoms with E-state index >= 15 is 0 Å². The summed E-state index contributed by atoms with van der Waals surface area (Å²) in [6.07, 6.45) is 3.07. The first-order valence-corrected chi connectivity index (χ1v) is 9.12. The lowest BCUT2D eigenvalue weighted by Crippen LogP contribution is -2.45. The lowest BCUT2D eigenvalue weighted by atomic mass is 9.96. The third kappa shape index (κ3) is 3.82. The molecule has 0 spiro atoms. The van der Waals surface area contributed by atoms with Gasteiger partial charge in [0.2, 0.25) is 5.91 Å². The summed E-state index contributed by atoms with van der Waals surface area (Å²) in [7, 11) is 0. The average Bonchev–Trinajstić information content (AvgIpc) is 3.25. The highest BCUT2D eigenvalue weighted by Crippen LogP contribution is 2.27. The Hall–Kier alpha value is -1.79. The van der Waals surface area contributed by atoms with Gasteiger partial charge in [-0.15, -0.1) is 11.3 Å².